The van der Waals surface area contributed by atoms with E-state index in [1.165, 1.54) is 238 Å². The summed E-state index contributed by atoms with van der Waals surface area (Å²) in [5.41, 5.74) is 0. The van der Waals surface area contributed by atoms with E-state index in [1.54, 1.807) is 0 Å². The van der Waals surface area contributed by atoms with Gasteiger partial charge in [0.25, 0.3) is 0 Å². The van der Waals surface area contributed by atoms with Crippen molar-refractivity contribution in [2.24, 2.45) is 35.5 Å². The molecule has 4 N–H and O–H groups in total. The lowest BCUT2D eigenvalue weighted by Gasteiger charge is -2.42. The molecular weight excluding hydrogens is 1110 g/mol. The van der Waals surface area contributed by atoms with E-state index in [1.807, 2.05) is 0 Å². The first-order valence-corrected chi connectivity index (χ1v) is 41.0. The van der Waals surface area contributed by atoms with Crippen LogP contribution in [0, 0.1) is 35.5 Å². The summed E-state index contributed by atoms with van der Waals surface area (Å²) >= 11 is 0. The molecule has 3 saturated carbocycles. The Morgan fingerprint density at radius 1 is 0.300 bits per heavy atom. The summed E-state index contributed by atoms with van der Waals surface area (Å²) in [5, 5.41) is 27.3. The van der Waals surface area contributed by atoms with Gasteiger partial charge in [0.15, 0.2) is 0 Å². The van der Waals surface area contributed by atoms with Crippen LogP contribution in [0.1, 0.15) is 439 Å². The van der Waals surface area contributed by atoms with Gasteiger partial charge >= 0.3 is 0 Å². The average Bonchev–Trinajstić information content (AvgIpc) is 2.38. The van der Waals surface area contributed by atoms with E-state index in [9.17, 15) is 29.4 Å². The first kappa shape index (κ1) is 82.4. The number of unbranched alkanes of at least 4 members (excludes halogenated alkanes) is 32. The van der Waals surface area contributed by atoms with Crippen LogP contribution in [0.5, 0.6) is 0 Å². The summed E-state index contributed by atoms with van der Waals surface area (Å²) in [6.45, 7) is 9.11. The van der Waals surface area contributed by atoms with Gasteiger partial charge in [-0.15, -0.1) is 0 Å². The van der Waals surface area contributed by atoms with Gasteiger partial charge in [-0.25, -0.2) is 0 Å². The molecule has 0 spiro atoms. The molecule has 3 rings (SSSR count). The fourth-order valence-electron chi connectivity index (χ4n) is 16.8. The van der Waals surface area contributed by atoms with E-state index in [0.717, 1.165) is 147 Å². The highest BCUT2D eigenvalue weighted by atomic mass is 16.3. The fourth-order valence-corrected chi connectivity index (χ4v) is 16.8. The molecule has 3 aliphatic rings. The van der Waals surface area contributed by atoms with Crippen molar-refractivity contribution in [2.45, 2.75) is 463 Å². The Morgan fingerprint density at radius 3 is 0.889 bits per heavy atom. The molecule has 0 radical (unpaired) electrons. The molecule has 3 aliphatic carbocycles. The molecule has 8 nitrogen and oxygen atoms in total. The number of amides is 2. The normalized spacial score (nSPS) is 21.9. The summed E-state index contributed by atoms with van der Waals surface area (Å²) in [5.74, 6) is 5.04. The zero-order valence-corrected chi connectivity index (χ0v) is 60.6. The van der Waals surface area contributed by atoms with Crippen LogP contribution in [0.2, 0.25) is 0 Å². The second-order valence-corrected chi connectivity index (χ2v) is 30.8. The van der Waals surface area contributed by atoms with Crippen molar-refractivity contribution in [3.05, 3.63) is 0 Å². The highest BCUT2D eigenvalue weighted by Crippen LogP contribution is 2.47. The lowest BCUT2D eigenvalue weighted by molar-refractivity contribution is -0.125. The Hall–Kier alpha value is -1.80. The van der Waals surface area contributed by atoms with Gasteiger partial charge < -0.3 is 20.8 Å². The third kappa shape index (κ3) is 43.3. The van der Waals surface area contributed by atoms with Crippen molar-refractivity contribution in [3.8, 4) is 0 Å². The number of Topliss-reactive ketones (excluding diaryl/α,β-unsaturated/α-hetero) is 2. The number of aliphatic hydroxyl groups is 2. The van der Waals surface area contributed by atoms with Crippen molar-refractivity contribution >= 4 is 23.4 Å². The minimum atomic E-state index is -0.115. The molecule has 2 amide bonds. The summed E-state index contributed by atoms with van der Waals surface area (Å²) in [6, 6.07) is 0.0691. The predicted molar refractivity (Wildman–Crippen MR) is 385 cm³/mol. The fraction of sp³-hybridized carbons (Fsp3) is 0.951. The van der Waals surface area contributed by atoms with E-state index >= 15 is 0 Å². The highest BCUT2D eigenvalue weighted by Gasteiger charge is 2.36. The average molecular weight is 1260 g/mol. The molecule has 90 heavy (non-hydrogen) atoms. The zero-order valence-electron chi connectivity index (χ0n) is 60.6. The van der Waals surface area contributed by atoms with E-state index in [0.29, 0.717) is 73.8 Å². The number of rotatable bonds is 62. The molecule has 0 aromatic carbocycles. The Kier molecular flexibility index (Phi) is 52.6. The largest absolute Gasteiger partial charge is 0.393 e. The molecule has 0 bridgehead atoms. The molecule has 3 fully saturated rings. The molecule has 0 aliphatic heterocycles. The number of carbonyl (C=O) groups excluding carboxylic acids is 4. The minimum Gasteiger partial charge on any atom is -0.393 e. The van der Waals surface area contributed by atoms with Crippen LogP contribution in [-0.4, -0.2) is 57.9 Å². The molecule has 528 valence electrons. The monoisotopic (exact) mass is 1260 g/mol. The van der Waals surface area contributed by atoms with Crippen LogP contribution < -0.4 is 10.6 Å². The maximum Gasteiger partial charge on any atom is 0.220 e. The van der Waals surface area contributed by atoms with Crippen molar-refractivity contribution in [3.63, 3.8) is 0 Å². The molecule has 8 heteroatoms. The smallest absolute Gasteiger partial charge is 0.220 e. The van der Waals surface area contributed by atoms with Crippen molar-refractivity contribution < 1.29 is 29.4 Å². The lowest BCUT2D eigenvalue weighted by atomic mass is 9.63. The summed E-state index contributed by atoms with van der Waals surface area (Å²) in [6.07, 6.45) is 73.5. The number of hydrogen-bond donors (Lipinski definition) is 4. The zero-order chi connectivity index (χ0) is 64.8. The third-order valence-corrected chi connectivity index (χ3v) is 22.6. The second kappa shape index (κ2) is 57.4. The maximum absolute atomic E-state index is 13.8. The third-order valence-electron chi connectivity index (χ3n) is 22.6. The van der Waals surface area contributed by atoms with Crippen LogP contribution in [-0.2, 0) is 19.2 Å². The molecular formula is C82H154N2O6. The van der Waals surface area contributed by atoms with Gasteiger partial charge in [-0.3, -0.25) is 19.2 Å². The minimum absolute atomic E-state index is 0.0324. The van der Waals surface area contributed by atoms with Crippen LogP contribution >= 0.6 is 0 Å². The van der Waals surface area contributed by atoms with Gasteiger partial charge in [0.05, 0.1) is 12.2 Å². The SMILES string of the molecule is CCCCCCCCC1CC(CCCCC(=O)C[C@@H]2CCCC[C@H]2CC(=O)CCCCCCCCCCC(O)CCCCCC)C(CCCCC(=O)NC2CCCC[C@@H]2NC(=O)CCCCCCCCCCC(O)CCCCCC)CC1CCCCCCCC. The first-order valence-electron chi connectivity index (χ1n) is 41.0. The van der Waals surface area contributed by atoms with Crippen LogP contribution in [0.15, 0.2) is 0 Å². The topological polar surface area (TPSA) is 133 Å². The maximum atomic E-state index is 13.8. The van der Waals surface area contributed by atoms with Gasteiger partial charge in [0, 0.05) is 50.6 Å². The van der Waals surface area contributed by atoms with Gasteiger partial charge in [0.1, 0.15) is 11.6 Å². The van der Waals surface area contributed by atoms with E-state index < -0.39 is 0 Å². The van der Waals surface area contributed by atoms with Gasteiger partial charge in [-0.1, -0.05) is 310 Å². The lowest BCUT2D eigenvalue weighted by Crippen LogP contribution is -2.53. The number of ketones is 2. The molecule has 0 aromatic rings. The highest BCUT2D eigenvalue weighted by molar-refractivity contribution is 5.80. The predicted octanol–water partition coefficient (Wildman–Crippen LogP) is 23.6. The van der Waals surface area contributed by atoms with Crippen LogP contribution in [0.25, 0.3) is 0 Å². The molecule has 7 unspecified atom stereocenters. The molecule has 0 saturated heterocycles. The van der Waals surface area contributed by atoms with Crippen LogP contribution in [0.4, 0.5) is 0 Å². The molecule has 0 heterocycles. The Balaban J connectivity index is 1.44. The van der Waals surface area contributed by atoms with Gasteiger partial charge in [-0.2, -0.15) is 0 Å². The van der Waals surface area contributed by atoms with E-state index in [2.05, 4.69) is 38.3 Å². The first-order chi connectivity index (χ1) is 44.1. The van der Waals surface area contributed by atoms with Gasteiger partial charge in [0.2, 0.25) is 11.8 Å². The standard InChI is InChI=1S/C82H154N2O6/c1-5-9-13-17-27-33-49-69-65-71(51-43-45-60-78(88)68-74-54-42-41-53-73(74)67-77(87)59-39-31-25-20-19-23-29-37-57-75(85)55-35-15-11-7-3)72(66-70(69)50-34-28-18-14-10-6-2)52-44-48-64-82(90)84-80-62-47-46-61-79(80)83-81(89)63-40-32-26-22-21-24-30-38-58-76(86)56-36-16-12-8-4/h69-76,79-80,85-86H,5-68H2,1-4H3,(H,83,89)(H,84,90)/t69?,70?,71?,72?,73-,74-,75?,76?,79-,80?/m0/s1. The second-order valence-electron chi connectivity index (χ2n) is 30.8. The Morgan fingerprint density at radius 2 is 0.544 bits per heavy atom. The quantitative estimate of drug-likeness (QED) is 0.0449. The molecule has 10 atom stereocenters. The molecule has 0 aromatic heterocycles. The Bertz CT molecular complexity index is 1570. The Labute approximate surface area is 559 Å². The van der Waals surface area contributed by atoms with E-state index in [4.69, 9.17) is 0 Å². The summed E-state index contributed by atoms with van der Waals surface area (Å²) < 4.78 is 0. The van der Waals surface area contributed by atoms with Crippen molar-refractivity contribution in [2.75, 3.05) is 0 Å². The van der Waals surface area contributed by atoms with Crippen molar-refractivity contribution in [1.82, 2.24) is 10.6 Å². The number of nitrogens with one attached hydrogen (secondary N) is 2. The number of hydrogen-bond acceptors (Lipinski definition) is 6. The summed E-state index contributed by atoms with van der Waals surface area (Å²) in [4.78, 5) is 54.0. The number of carbonyl (C=O) groups is 4. The van der Waals surface area contributed by atoms with E-state index in [-0.39, 0.29) is 36.1 Å². The summed E-state index contributed by atoms with van der Waals surface area (Å²) in [7, 11) is 0. The van der Waals surface area contributed by atoms with Crippen molar-refractivity contribution in [1.29, 1.82) is 0 Å². The van der Waals surface area contributed by atoms with Gasteiger partial charge in [-0.05, 0) is 125 Å². The van der Waals surface area contributed by atoms with Crippen LogP contribution in [0.3, 0.4) is 0 Å². The number of aliphatic hydroxyl groups excluding tert-OH is 2.